The van der Waals surface area contributed by atoms with Gasteiger partial charge in [0.05, 0.1) is 0 Å². The Morgan fingerprint density at radius 2 is 2.17 bits per heavy atom. The van der Waals surface area contributed by atoms with Crippen molar-refractivity contribution in [2.75, 3.05) is 32.1 Å². The average Bonchev–Trinajstić information content (AvgIpc) is 2.94. The molecule has 1 atom stereocenters. The van der Waals surface area contributed by atoms with E-state index < -0.39 is 0 Å². The Morgan fingerprint density at radius 1 is 1.43 bits per heavy atom. The molecule has 1 aliphatic heterocycles. The number of thioether (sulfide) groups is 1. The van der Waals surface area contributed by atoms with Crippen molar-refractivity contribution < 1.29 is 4.79 Å². The zero-order chi connectivity index (χ0) is 17.0. The van der Waals surface area contributed by atoms with Crippen molar-refractivity contribution in [3.63, 3.8) is 0 Å². The molecule has 1 aromatic rings. The van der Waals surface area contributed by atoms with Crippen LogP contribution in [0.5, 0.6) is 0 Å². The number of rotatable bonds is 6. The molecule has 2 rings (SSSR count). The monoisotopic (exact) mass is 338 g/mol. The zero-order valence-electron chi connectivity index (χ0n) is 14.4. The minimum atomic E-state index is -0.333. The molecule has 0 bridgehead atoms. The Bertz CT molecular complexity index is 595. The van der Waals surface area contributed by atoms with Gasteiger partial charge >= 0.3 is 5.69 Å². The average molecular weight is 338 g/mol. The number of H-pyrrole nitrogens is 1. The molecule has 1 aliphatic rings. The maximum Gasteiger partial charge on any atom is 0.345 e. The highest BCUT2D eigenvalue weighted by molar-refractivity contribution is 7.99. The predicted molar refractivity (Wildman–Crippen MR) is 94.0 cm³/mol. The van der Waals surface area contributed by atoms with E-state index in [1.54, 1.807) is 0 Å². The smallest absolute Gasteiger partial charge is 0.345 e. The van der Waals surface area contributed by atoms with Crippen molar-refractivity contribution in [3.05, 3.63) is 27.4 Å². The van der Waals surface area contributed by atoms with Crippen molar-refractivity contribution in [2.45, 2.75) is 38.6 Å². The van der Waals surface area contributed by atoms with Crippen LogP contribution >= 0.6 is 11.8 Å². The molecule has 128 valence electrons. The number of aromatic nitrogens is 2. The third-order valence-electron chi connectivity index (χ3n) is 4.70. The van der Waals surface area contributed by atoms with Crippen LogP contribution in [0.4, 0.5) is 0 Å². The van der Waals surface area contributed by atoms with Crippen LogP contribution in [0.1, 0.15) is 29.8 Å². The first-order chi connectivity index (χ1) is 10.8. The molecule has 6 nitrogen and oxygen atoms in total. The van der Waals surface area contributed by atoms with Gasteiger partial charge in [0.25, 0.3) is 0 Å². The lowest BCUT2D eigenvalue weighted by Crippen LogP contribution is -2.53. The Labute approximate surface area is 141 Å². The fourth-order valence-corrected chi connectivity index (χ4v) is 4.51. The second-order valence-electron chi connectivity index (χ2n) is 6.43. The number of hydrogen-bond acceptors (Lipinski definition) is 5. The van der Waals surface area contributed by atoms with Crippen LogP contribution in [0.15, 0.2) is 4.79 Å². The molecule has 0 aromatic carbocycles. The summed E-state index contributed by atoms with van der Waals surface area (Å²) in [5.74, 6) is 2.26. The van der Waals surface area contributed by atoms with Gasteiger partial charge in [-0.2, -0.15) is 16.7 Å². The molecule has 0 spiro atoms. The third-order valence-corrected chi connectivity index (χ3v) is 5.94. The van der Waals surface area contributed by atoms with Crippen molar-refractivity contribution in [3.8, 4) is 0 Å². The number of aryl methyl sites for hydroxylation is 2. The van der Waals surface area contributed by atoms with Gasteiger partial charge < -0.3 is 15.2 Å². The number of likely N-dealkylation sites (N-methyl/N-ethyl adjacent to an activating group) is 1. The van der Waals surface area contributed by atoms with Crippen molar-refractivity contribution in [2.24, 2.45) is 0 Å². The molecule has 0 saturated carbocycles. The van der Waals surface area contributed by atoms with Crippen LogP contribution < -0.4 is 11.0 Å². The Morgan fingerprint density at radius 3 is 2.74 bits per heavy atom. The number of carbonyl (C=O) groups excluding carboxylic acids is 1. The Hall–Kier alpha value is -1.34. The molecule has 2 heterocycles. The van der Waals surface area contributed by atoms with Gasteiger partial charge in [-0.3, -0.25) is 4.79 Å². The topological polar surface area (TPSA) is 78.1 Å². The maximum atomic E-state index is 12.2. The molecule has 0 aliphatic carbocycles. The lowest BCUT2D eigenvalue weighted by molar-refractivity contribution is -0.121. The molecule has 2 N–H and O–H groups in total. The Balaban J connectivity index is 1.90. The quantitative estimate of drug-likeness (QED) is 0.805. The second-order valence-corrected chi connectivity index (χ2v) is 7.53. The van der Waals surface area contributed by atoms with Gasteiger partial charge in [-0.25, -0.2) is 4.79 Å². The summed E-state index contributed by atoms with van der Waals surface area (Å²) in [7, 11) is 4.16. The first-order valence-corrected chi connectivity index (χ1v) is 9.08. The summed E-state index contributed by atoms with van der Waals surface area (Å²) < 4.78 is 0. The maximum absolute atomic E-state index is 12.2. The van der Waals surface area contributed by atoms with E-state index in [4.69, 9.17) is 0 Å². The van der Waals surface area contributed by atoms with Crippen LogP contribution in [0, 0.1) is 13.8 Å². The highest BCUT2D eigenvalue weighted by Crippen LogP contribution is 2.31. The van der Waals surface area contributed by atoms with E-state index in [2.05, 4.69) is 34.3 Å². The summed E-state index contributed by atoms with van der Waals surface area (Å²) in [6, 6.07) is 0. The van der Waals surface area contributed by atoms with Crippen molar-refractivity contribution in [1.82, 2.24) is 20.2 Å². The second kappa shape index (κ2) is 7.49. The predicted octanol–water partition coefficient (Wildman–Crippen LogP) is 0.873. The van der Waals surface area contributed by atoms with Gasteiger partial charge in [0, 0.05) is 35.6 Å². The standard InChI is InChI=1S/C16H26N4O2S/c1-11-13(12(2)19-15(22)18-11)5-6-14(21)17-9-16(20(3)4)7-8-23-10-16/h5-10H2,1-4H3,(H,17,21)(H,18,19,22). The van der Waals surface area contributed by atoms with Crippen LogP contribution in [-0.4, -0.2) is 58.5 Å². The minimum Gasteiger partial charge on any atom is -0.354 e. The summed E-state index contributed by atoms with van der Waals surface area (Å²) in [4.78, 5) is 32.3. The minimum absolute atomic E-state index is 0.0492. The van der Waals surface area contributed by atoms with E-state index in [0.29, 0.717) is 25.1 Å². The normalized spacial score (nSPS) is 20.9. The zero-order valence-corrected chi connectivity index (χ0v) is 15.2. The van der Waals surface area contributed by atoms with E-state index in [-0.39, 0.29) is 17.1 Å². The highest BCUT2D eigenvalue weighted by Gasteiger charge is 2.36. The fourth-order valence-electron chi connectivity index (χ4n) is 2.96. The molecule has 1 amide bonds. The van der Waals surface area contributed by atoms with Gasteiger partial charge in [0.1, 0.15) is 0 Å². The number of nitrogens with one attached hydrogen (secondary N) is 2. The lowest BCUT2D eigenvalue weighted by Gasteiger charge is -2.35. The van der Waals surface area contributed by atoms with E-state index >= 15 is 0 Å². The molecule has 7 heteroatoms. The first-order valence-electron chi connectivity index (χ1n) is 7.92. The van der Waals surface area contributed by atoms with Gasteiger partial charge in [0.15, 0.2) is 0 Å². The van der Waals surface area contributed by atoms with Crippen molar-refractivity contribution in [1.29, 1.82) is 0 Å². The number of carbonyl (C=O) groups is 1. The first kappa shape index (κ1) is 18.0. The SMILES string of the molecule is Cc1nc(=O)[nH]c(C)c1CCC(=O)NCC1(N(C)C)CCSC1. The van der Waals surface area contributed by atoms with Crippen LogP contribution in [-0.2, 0) is 11.2 Å². The summed E-state index contributed by atoms with van der Waals surface area (Å²) in [6.45, 7) is 4.35. The Kier molecular flexibility index (Phi) is 5.86. The molecule has 0 radical (unpaired) electrons. The highest BCUT2D eigenvalue weighted by atomic mass is 32.2. The lowest BCUT2D eigenvalue weighted by atomic mass is 9.97. The molecule has 23 heavy (non-hydrogen) atoms. The molecular formula is C16H26N4O2S. The fraction of sp³-hybridized carbons (Fsp3) is 0.688. The van der Waals surface area contributed by atoms with Crippen LogP contribution in [0.2, 0.25) is 0 Å². The van der Waals surface area contributed by atoms with Crippen LogP contribution in [0.25, 0.3) is 0 Å². The number of aromatic amines is 1. The number of amides is 1. The largest absolute Gasteiger partial charge is 0.354 e. The number of nitrogens with zero attached hydrogens (tertiary/aromatic N) is 2. The van der Waals surface area contributed by atoms with Crippen molar-refractivity contribution >= 4 is 17.7 Å². The number of hydrogen-bond donors (Lipinski definition) is 2. The molecule has 1 unspecified atom stereocenters. The van der Waals surface area contributed by atoms with E-state index in [9.17, 15) is 9.59 Å². The molecule has 1 saturated heterocycles. The van der Waals surface area contributed by atoms with Gasteiger partial charge in [-0.1, -0.05) is 0 Å². The summed E-state index contributed by atoms with van der Waals surface area (Å²) in [6.07, 6.45) is 2.11. The van der Waals surface area contributed by atoms with Gasteiger partial charge in [0.2, 0.25) is 5.91 Å². The molecule has 1 fully saturated rings. The molecular weight excluding hydrogens is 312 g/mol. The summed E-state index contributed by atoms with van der Waals surface area (Å²) in [5.41, 5.74) is 2.20. The van der Waals surface area contributed by atoms with E-state index in [0.717, 1.165) is 29.2 Å². The third kappa shape index (κ3) is 4.35. The van der Waals surface area contributed by atoms with Gasteiger partial charge in [-0.15, -0.1) is 0 Å². The van der Waals surface area contributed by atoms with Crippen LogP contribution in [0.3, 0.4) is 0 Å². The summed E-state index contributed by atoms with van der Waals surface area (Å²) in [5, 5.41) is 3.08. The van der Waals surface area contributed by atoms with E-state index in [1.807, 2.05) is 25.6 Å². The summed E-state index contributed by atoms with van der Waals surface area (Å²) >= 11 is 1.94. The van der Waals surface area contributed by atoms with E-state index in [1.165, 1.54) is 0 Å². The molecule has 1 aromatic heterocycles. The van der Waals surface area contributed by atoms with Gasteiger partial charge in [-0.05, 0) is 52.1 Å².